The maximum Gasteiger partial charge on any atom is 0.231 e. The second kappa shape index (κ2) is 7.14. The predicted octanol–water partition coefficient (Wildman–Crippen LogP) is 3.60. The molecule has 0 bridgehead atoms. The first-order valence-electron chi connectivity index (χ1n) is 9.75. The van der Waals surface area contributed by atoms with Crippen molar-refractivity contribution in [2.24, 2.45) is 5.92 Å². The monoisotopic (exact) mass is 377 g/mol. The second-order valence-corrected chi connectivity index (χ2v) is 7.50. The van der Waals surface area contributed by atoms with Gasteiger partial charge in [-0.15, -0.1) is 10.2 Å². The van der Waals surface area contributed by atoms with Crippen LogP contribution in [0.3, 0.4) is 0 Å². The number of hydrogen-bond acceptors (Lipinski definition) is 7. The minimum Gasteiger partial charge on any atom is -0.454 e. The molecule has 0 spiro atoms. The fourth-order valence-corrected chi connectivity index (χ4v) is 3.81. The first-order valence-corrected chi connectivity index (χ1v) is 9.75. The number of rotatable bonds is 4. The molecule has 7 heteroatoms. The minimum absolute atomic E-state index is 0.284. The summed E-state index contributed by atoms with van der Waals surface area (Å²) < 4.78 is 10.8. The summed E-state index contributed by atoms with van der Waals surface area (Å²) in [6.07, 6.45) is 6.07. The van der Waals surface area contributed by atoms with Gasteiger partial charge in [0.25, 0.3) is 0 Å². The molecule has 5 rings (SSSR count). The maximum absolute atomic E-state index is 5.46. The lowest BCUT2D eigenvalue weighted by Gasteiger charge is -2.31. The lowest BCUT2D eigenvalue weighted by Crippen LogP contribution is -2.33. The summed E-state index contributed by atoms with van der Waals surface area (Å²) in [5, 5.41) is 14.6. The molecule has 7 nitrogen and oxygen atoms in total. The zero-order chi connectivity index (χ0) is 18.9. The Kier molecular flexibility index (Phi) is 4.35. The first-order chi connectivity index (χ1) is 13.8. The Labute approximate surface area is 163 Å². The van der Waals surface area contributed by atoms with E-state index in [0.717, 1.165) is 58.5 Å². The van der Waals surface area contributed by atoms with Crippen molar-refractivity contribution in [2.75, 3.05) is 30.1 Å². The zero-order valence-corrected chi connectivity index (χ0v) is 15.9. The first kappa shape index (κ1) is 17.0. The molecule has 0 saturated carbocycles. The van der Waals surface area contributed by atoms with Gasteiger partial charge in [-0.2, -0.15) is 0 Å². The van der Waals surface area contributed by atoms with Crippen molar-refractivity contribution in [3.8, 4) is 11.5 Å². The average molecular weight is 377 g/mol. The number of anilines is 2. The van der Waals surface area contributed by atoms with E-state index in [1.165, 1.54) is 12.8 Å². The van der Waals surface area contributed by atoms with Gasteiger partial charge < -0.3 is 19.7 Å². The Morgan fingerprint density at radius 3 is 2.82 bits per heavy atom. The number of aromatic nitrogens is 3. The van der Waals surface area contributed by atoms with E-state index in [9.17, 15) is 0 Å². The van der Waals surface area contributed by atoms with Gasteiger partial charge in [-0.05, 0) is 42.5 Å². The SMILES string of the molecule is CC1CCN(c2nnc(NCc3ccc4c(c3)OCO4)c3ccncc23)CC1. The van der Waals surface area contributed by atoms with Gasteiger partial charge >= 0.3 is 0 Å². The third-order valence-corrected chi connectivity index (χ3v) is 5.54. The quantitative estimate of drug-likeness (QED) is 0.745. The fraction of sp³-hybridized carbons (Fsp3) is 0.381. The standard InChI is InChI=1S/C21H23N5O2/c1-14-5-8-26(9-6-14)21-17-12-22-7-4-16(17)20(24-25-21)23-11-15-2-3-18-19(10-15)28-13-27-18/h2-4,7,10,12,14H,5-6,8-9,11,13H2,1H3,(H,23,24). The summed E-state index contributed by atoms with van der Waals surface area (Å²) in [5.41, 5.74) is 1.10. The molecule has 1 aromatic carbocycles. The molecule has 1 N–H and O–H groups in total. The molecule has 0 amide bonds. The van der Waals surface area contributed by atoms with Crippen LogP contribution in [0.25, 0.3) is 10.8 Å². The minimum atomic E-state index is 0.284. The largest absolute Gasteiger partial charge is 0.454 e. The molecule has 0 radical (unpaired) electrons. The molecule has 1 fully saturated rings. The van der Waals surface area contributed by atoms with Crippen molar-refractivity contribution in [3.63, 3.8) is 0 Å². The normalized spacial score (nSPS) is 16.5. The Hall–Kier alpha value is -3.09. The summed E-state index contributed by atoms with van der Waals surface area (Å²) in [5.74, 6) is 4.05. The molecule has 1 saturated heterocycles. The summed E-state index contributed by atoms with van der Waals surface area (Å²) in [6, 6.07) is 7.96. The predicted molar refractivity (Wildman–Crippen MR) is 108 cm³/mol. The van der Waals surface area contributed by atoms with Crippen molar-refractivity contribution in [1.29, 1.82) is 0 Å². The molecule has 4 heterocycles. The molecule has 0 atom stereocenters. The highest BCUT2D eigenvalue weighted by Gasteiger charge is 2.20. The van der Waals surface area contributed by atoms with Crippen molar-refractivity contribution in [1.82, 2.24) is 15.2 Å². The number of nitrogens with zero attached hydrogens (tertiary/aromatic N) is 4. The van der Waals surface area contributed by atoms with Crippen LogP contribution in [0.2, 0.25) is 0 Å². The summed E-state index contributed by atoms with van der Waals surface area (Å²) in [7, 11) is 0. The summed E-state index contributed by atoms with van der Waals surface area (Å²) in [6.45, 7) is 5.26. The molecular weight excluding hydrogens is 354 g/mol. The van der Waals surface area contributed by atoms with E-state index in [2.05, 4.69) is 32.3 Å². The van der Waals surface area contributed by atoms with Crippen LogP contribution in [0.15, 0.2) is 36.7 Å². The van der Waals surface area contributed by atoms with Crippen LogP contribution < -0.4 is 19.7 Å². The smallest absolute Gasteiger partial charge is 0.231 e. The molecule has 2 aliphatic rings. The molecule has 3 aromatic rings. The Morgan fingerprint density at radius 1 is 1.07 bits per heavy atom. The van der Waals surface area contributed by atoms with Gasteiger partial charge in [-0.1, -0.05) is 13.0 Å². The molecule has 2 aromatic heterocycles. The topological polar surface area (TPSA) is 72.4 Å². The molecule has 2 aliphatic heterocycles. The van der Waals surface area contributed by atoms with Crippen molar-refractivity contribution in [3.05, 3.63) is 42.2 Å². The van der Waals surface area contributed by atoms with Gasteiger partial charge in [0.05, 0.1) is 0 Å². The number of benzene rings is 1. The zero-order valence-electron chi connectivity index (χ0n) is 15.9. The van der Waals surface area contributed by atoms with E-state index in [1.54, 1.807) is 6.20 Å². The van der Waals surface area contributed by atoms with E-state index in [0.29, 0.717) is 6.54 Å². The number of fused-ring (bicyclic) bond motifs is 2. The van der Waals surface area contributed by atoms with E-state index in [1.807, 2.05) is 30.5 Å². The van der Waals surface area contributed by atoms with Gasteiger partial charge in [-0.3, -0.25) is 4.98 Å². The third-order valence-electron chi connectivity index (χ3n) is 5.54. The van der Waals surface area contributed by atoms with Crippen LogP contribution in [-0.4, -0.2) is 35.1 Å². The van der Waals surface area contributed by atoms with Crippen molar-refractivity contribution >= 4 is 22.4 Å². The van der Waals surface area contributed by atoms with Crippen LogP contribution in [-0.2, 0) is 6.54 Å². The lowest BCUT2D eigenvalue weighted by molar-refractivity contribution is 0.174. The van der Waals surface area contributed by atoms with Gasteiger partial charge in [0.2, 0.25) is 6.79 Å². The number of pyridine rings is 1. The van der Waals surface area contributed by atoms with Crippen LogP contribution >= 0.6 is 0 Å². The highest BCUT2D eigenvalue weighted by atomic mass is 16.7. The van der Waals surface area contributed by atoms with E-state index in [-0.39, 0.29) is 6.79 Å². The van der Waals surface area contributed by atoms with E-state index < -0.39 is 0 Å². The molecule has 0 unspecified atom stereocenters. The van der Waals surface area contributed by atoms with Crippen LogP contribution in [0, 0.1) is 5.92 Å². The van der Waals surface area contributed by atoms with E-state index >= 15 is 0 Å². The number of piperidine rings is 1. The van der Waals surface area contributed by atoms with Gasteiger partial charge in [0.15, 0.2) is 23.1 Å². The van der Waals surface area contributed by atoms with Gasteiger partial charge in [0, 0.05) is 42.8 Å². The number of hydrogen-bond donors (Lipinski definition) is 1. The summed E-state index contributed by atoms with van der Waals surface area (Å²) >= 11 is 0. The number of nitrogens with one attached hydrogen (secondary N) is 1. The third kappa shape index (κ3) is 3.17. The Balaban J connectivity index is 1.40. The maximum atomic E-state index is 5.46. The van der Waals surface area contributed by atoms with Crippen molar-refractivity contribution in [2.45, 2.75) is 26.3 Å². The van der Waals surface area contributed by atoms with Crippen LogP contribution in [0.4, 0.5) is 11.6 Å². The van der Waals surface area contributed by atoms with Crippen molar-refractivity contribution < 1.29 is 9.47 Å². The molecular formula is C21H23N5O2. The van der Waals surface area contributed by atoms with Gasteiger partial charge in [-0.25, -0.2) is 0 Å². The average Bonchev–Trinajstić information content (AvgIpc) is 3.20. The van der Waals surface area contributed by atoms with Gasteiger partial charge in [0.1, 0.15) is 0 Å². The van der Waals surface area contributed by atoms with Crippen LogP contribution in [0.5, 0.6) is 11.5 Å². The highest BCUT2D eigenvalue weighted by molar-refractivity contribution is 5.98. The Bertz CT molecular complexity index is 1000. The lowest BCUT2D eigenvalue weighted by atomic mass is 9.99. The van der Waals surface area contributed by atoms with Crippen LogP contribution in [0.1, 0.15) is 25.3 Å². The molecule has 0 aliphatic carbocycles. The highest BCUT2D eigenvalue weighted by Crippen LogP contribution is 2.33. The molecule has 28 heavy (non-hydrogen) atoms. The number of ether oxygens (including phenoxy) is 2. The summed E-state index contributed by atoms with van der Waals surface area (Å²) in [4.78, 5) is 6.66. The van der Waals surface area contributed by atoms with E-state index in [4.69, 9.17) is 9.47 Å². The second-order valence-electron chi connectivity index (χ2n) is 7.50. The Morgan fingerprint density at radius 2 is 1.93 bits per heavy atom. The fourth-order valence-electron chi connectivity index (χ4n) is 3.81. The molecule has 144 valence electrons.